The smallest absolute Gasteiger partial charge is 0.243 e. The largest absolute Gasteiger partial charge is 0.343 e. The molecule has 176 valence electrons. The number of likely N-dealkylation sites (tertiary alicyclic amines) is 1. The topological polar surface area (TPSA) is 78.0 Å². The van der Waals surface area contributed by atoms with Crippen LogP contribution in [0.3, 0.4) is 0 Å². The zero-order valence-corrected chi connectivity index (χ0v) is 19.9. The van der Waals surface area contributed by atoms with E-state index in [1.165, 1.54) is 12.8 Å². The van der Waals surface area contributed by atoms with Crippen LogP contribution in [0.2, 0.25) is 0 Å². The van der Waals surface area contributed by atoms with Crippen molar-refractivity contribution in [3.63, 3.8) is 0 Å². The van der Waals surface area contributed by atoms with Gasteiger partial charge in [-0.3, -0.25) is 9.59 Å². The minimum Gasteiger partial charge on any atom is -0.343 e. The third kappa shape index (κ3) is 4.86. The molecule has 3 aliphatic rings. The monoisotopic (exact) mass is 461 g/mol. The second kappa shape index (κ2) is 9.91. The molecule has 0 saturated carbocycles. The van der Waals surface area contributed by atoms with E-state index in [1.807, 2.05) is 11.8 Å². The Balaban J connectivity index is 1.41. The average Bonchev–Trinajstić information content (AvgIpc) is 3.02. The molecule has 0 aliphatic carbocycles. The summed E-state index contributed by atoms with van der Waals surface area (Å²) in [6, 6.07) is 5.14. The third-order valence-corrected chi connectivity index (χ3v) is 9.12. The molecule has 0 bridgehead atoms. The minimum atomic E-state index is -3.53. The third-order valence-electron chi connectivity index (χ3n) is 7.11. The first-order chi connectivity index (χ1) is 15.4. The first kappa shape index (κ1) is 23.2. The molecule has 32 heavy (non-hydrogen) atoms. The molecule has 2 saturated heterocycles. The Morgan fingerprint density at radius 3 is 2.31 bits per heavy atom. The summed E-state index contributed by atoms with van der Waals surface area (Å²) in [5.74, 6) is 0.00365. The van der Waals surface area contributed by atoms with Crippen molar-refractivity contribution in [3.05, 3.63) is 23.8 Å². The van der Waals surface area contributed by atoms with Crippen molar-refractivity contribution < 1.29 is 18.0 Å². The summed E-state index contributed by atoms with van der Waals surface area (Å²) in [7, 11) is -3.53. The maximum absolute atomic E-state index is 13.2. The van der Waals surface area contributed by atoms with Crippen molar-refractivity contribution in [2.24, 2.45) is 0 Å². The molecular weight excluding hydrogens is 426 g/mol. The van der Waals surface area contributed by atoms with Crippen molar-refractivity contribution in [2.75, 3.05) is 31.1 Å². The van der Waals surface area contributed by atoms with Crippen LogP contribution in [0, 0.1) is 0 Å². The molecule has 1 aromatic rings. The number of sulfonamides is 1. The molecular formula is C24H35N3O4S. The molecule has 3 heterocycles. The molecule has 1 atom stereocenters. The van der Waals surface area contributed by atoms with Gasteiger partial charge in [0, 0.05) is 50.7 Å². The first-order valence-electron chi connectivity index (χ1n) is 12.1. The standard InChI is InChI=1S/C24H35N3O4S/c1-19-8-4-7-16-27(19)32(30,31)21-9-10-22-20(18-21)13-17-26(22)24(29)12-11-23(28)25-14-5-2-3-6-15-25/h9-10,18-19H,2-8,11-17H2,1H3/t19-/m1/s1. The fourth-order valence-electron chi connectivity index (χ4n) is 5.19. The van der Waals surface area contributed by atoms with Crippen LogP contribution in [0.1, 0.15) is 70.3 Å². The number of rotatable bonds is 5. The Kier molecular flexibility index (Phi) is 7.20. The van der Waals surface area contributed by atoms with E-state index in [0.717, 1.165) is 56.4 Å². The van der Waals surface area contributed by atoms with Gasteiger partial charge in [0.2, 0.25) is 21.8 Å². The van der Waals surface area contributed by atoms with E-state index < -0.39 is 10.0 Å². The molecule has 4 rings (SSSR count). The molecule has 0 aromatic heterocycles. The second-order valence-electron chi connectivity index (χ2n) is 9.34. The Morgan fingerprint density at radius 1 is 0.906 bits per heavy atom. The van der Waals surface area contributed by atoms with Gasteiger partial charge in [-0.15, -0.1) is 0 Å². The lowest BCUT2D eigenvalue weighted by atomic mass is 10.1. The number of nitrogens with zero attached hydrogens (tertiary/aromatic N) is 3. The molecule has 1 aromatic carbocycles. The van der Waals surface area contributed by atoms with E-state index in [0.29, 0.717) is 24.4 Å². The maximum atomic E-state index is 13.2. The van der Waals surface area contributed by atoms with Crippen LogP contribution in [-0.2, 0) is 26.0 Å². The highest BCUT2D eigenvalue weighted by atomic mass is 32.2. The quantitative estimate of drug-likeness (QED) is 0.674. The van der Waals surface area contributed by atoms with Crippen LogP contribution in [0.5, 0.6) is 0 Å². The highest BCUT2D eigenvalue weighted by Gasteiger charge is 2.33. The summed E-state index contributed by atoms with van der Waals surface area (Å²) in [5.41, 5.74) is 1.67. The van der Waals surface area contributed by atoms with E-state index in [9.17, 15) is 18.0 Å². The van der Waals surface area contributed by atoms with E-state index in [4.69, 9.17) is 0 Å². The Labute approximate surface area is 191 Å². The lowest BCUT2D eigenvalue weighted by Crippen LogP contribution is -2.41. The highest BCUT2D eigenvalue weighted by molar-refractivity contribution is 7.89. The van der Waals surface area contributed by atoms with Gasteiger partial charge in [0.1, 0.15) is 0 Å². The number of carbonyl (C=O) groups excluding carboxylic acids is 2. The molecule has 8 heteroatoms. The summed E-state index contributed by atoms with van der Waals surface area (Å²) in [6.45, 7) is 4.67. The van der Waals surface area contributed by atoms with Crippen molar-refractivity contribution in [2.45, 2.75) is 82.1 Å². The van der Waals surface area contributed by atoms with Crippen molar-refractivity contribution in [3.8, 4) is 0 Å². The molecule has 0 unspecified atom stereocenters. The first-order valence-corrected chi connectivity index (χ1v) is 13.5. The summed E-state index contributed by atoms with van der Waals surface area (Å²) < 4.78 is 28.0. The van der Waals surface area contributed by atoms with Gasteiger partial charge in [0.05, 0.1) is 4.90 Å². The molecule has 7 nitrogen and oxygen atoms in total. The highest BCUT2D eigenvalue weighted by Crippen LogP contribution is 2.33. The van der Waals surface area contributed by atoms with Crippen molar-refractivity contribution in [1.82, 2.24) is 9.21 Å². The molecule has 0 N–H and O–H groups in total. The molecule has 0 radical (unpaired) electrons. The van der Waals surface area contributed by atoms with E-state index in [1.54, 1.807) is 27.4 Å². The molecule has 0 spiro atoms. The number of piperidine rings is 1. The zero-order valence-electron chi connectivity index (χ0n) is 19.1. The van der Waals surface area contributed by atoms with E-state index in [2.05, 4.69) is 0 Å². The van der Waals surface area contributed by atoms with Gasteiger partial charge >= 0.3 is 0 Å². The number of anilines is 1. The van der Waals surface area contributed by atoms with Gasteiger partial charge in [0.25, 0.3) is 0 Å². The number of carbonyl (C=O) groups is 2. The number of fused-ring (bicyclic) bond motifs is 1. The Bertz CT molecular complexity index is 954. The van der Waals surface area contributed by atoms with Crippen LogP contribution in [0.25, 0.3) is 0 Å². The average molecular weight is 462 g/mol. The van der Waals surface area contributed by atoms with Crippen LogP contribution in [0.4, 0.5) is 5.69 Å². The Hall–Kier alpha value is -1.93. The van der Waals surface area contributed by atoms with Gasteiger partial charge in [-0.2, -0.15) is 4.31 Å². The maximum Gasteiger partial charge on any atom is 0.243 e. The SMILES string of the molecule is C[C@@H]1CCCCN1S(=O)(=O)c1ccc2c(c1)CCN2C(=O)CCC(=O)N1CCCCCC1. The van der Waals surface area contributed by atoms with Crippen molar-refractivity contribution in [1.29, 1.82) is 0 Å². The normalized spacial score (nSPS) is 22.5. The number of benzene rings is 1. The zero-order chi connectivity index (χ0) is 22.7. The second-order valence-corrected chi connectivity index (χ2v) is 11.2. The van der Waals surface area contributed by atoms with E-state index in [-0.39, 0.29) is 30.7 Å². The number of amides is 2. The number of hydrogen-bond donors (Lipinski definition) is 0. The van der Waals surface area contributed by atoms with Crippen molar-refractivity contribution >= 4 is 27.5 Å². The molecule has 3 aliphatic heterocycles. The predicted octanol–water partition coefficient (Wildman–Crippen LogP) is 3.32. The summed E-state index contributed by atoms with van der Waals surface area (Å²) in [6.07, 6.45) is 8.35. The number of hydrogen-bond acceptors (Lipinski definition) is 4. The lowest BCUT2D eigenvalue weighted by Gasteiger charge is -2.32. The predicted molar refractivity (Wildman–Crippen MR) is 124 cm³/mol. The van der Waals surface area contributed by atoms with E-state index >= 15 is 0 Å². The van der Waals surface area contributed by atoms with Gasteiger partial charge in [-0.1, -0.05) is 19.3 Å². The Morgan fingerprint density at radius 2 is 1.59 bits per heavy atom. The van der Waals surface area contributed by atoms with Gasteiger partial charge < -0.3 is 9.80 Å². The van der Waals surface area contributed by atoms with Gasteiger partial charge in [-0.05, 0) is 62.8 Å². The van der Waals surface area contributed by atoms with Crippen LogP contribution >= 0.6 is 0 Å². The minimum absolute atomic E-state index is 0.0156. The van der Waals surface area contributed by atoms with Gasteiger partial charge in [-0.25, -0.2) is 8.42 Å². The van der Waals surface area contributed by atoms with Crippen LogP contribution < -0.4 is 4.90 Å². The lowest BCUT2D eigenvalue weighted by molar-refractivity contribution is -0.133. The van der Waals surface area contributed by atoms with Gasteiger partial charge in [0.15, 0.2) is 0 Å². The summed E-state index contributed by atoms with van der Waals surface area (Å²) in [4.78, 5) is 29.3. The summed E-state index contributed by atoms with van der Waals surface area (Å²) in [5, 5.41) is 0. The van der Waals surface area contributed by atoms with Crippen LogP contribution in [-0.4, -0.2) is 61.7 Å². The van der Waals surface area contributed by atoms with Crippen LogP contribution in [0.15, 0.2) is 23.1 Å². The fraction of sp³-hybridized carbons (Fsp3) is 0.667. The summed E-state index contributed by atoms with van der Waals surface area (Å²) >= 11 is 0. The molecule has 2 amide bonds. The molecule has 2 fully saturated rings. The fourth-order valence-corrected chi connectivity index (χ4v) is 6.94.